The molecule has 1 aliphatic heterocycles. The number of carbonyl (C=O) groups is 1. The second-order valence-corrected chi connectivity index (χ2v) is 12.2. The summed E-state index contributed by atoms with van der Waals surface area (Å²) in [7, 11) is 0. The second kappa shape index (κ2) is 9.41. The first-order valence-corrected chi connectivity index (χ1v) is 13.4. The Labute approximate surface area is 229 Å². The van der Waals surface area contributed by atoms with Crippen LogP contribution < -0.4 is 11.1 Å². The van der Waals surface area contributed by atoms with Crippen LogP contribution in [0.5, 0.6) is 0 Å². The van der Waals surface area contributed by atoms with Crippen LogP contribution in [0, 0.1) is 0 Å². The van der Waals surface area contributed by atoms with Gasteiger partial charge in [0.2, 0.25) is 5.28 Å². The van der Waals surface area contributed by atoms with Crippen molar-refractivity contribution in [3.63, 3.8) is 0 Å². The van der Waals surface area contributed by atoms with Crippen LogP contribution in [-0.2, 0) is 20.8 Å². The Hall–Kier alpha value is -2.40. The van der Waals surface area contributed by atoms with Crippen molar-refractivity contribution in [2.24, 2.45) is 0 Å². The van der Waals surface area contributed by atoms with Gasteiger partial charge in [0.1, 0.15) is 23.2 Å². The third-order valence-electron chi connectivity index (χ3n) is 6.63. The van der Waals surface area contributed by atoms with Crippen molar-refractivity contribution >= 4 is 50.5 Å². The first-order valence-electron chi connectivity index (χ1n) is 12.2. The number of aromatic nitrogens is 3. The van der Waals surface area contributed by atoms with Gasteiger partial charge in [-0.2, -0.15) is 4.98 Å². The molecule has 3 heterocycles. The molecule has 1 aromatic carbocycles. The van der Waals surface area contributed by atoms with Crippen molar-refractivity contribution < 1.29 is 19.0 Å². The minimum atomic E-state index is -0.728. The van der Waals surface area contributed by atoms with E-state index in [-0.39, 0.29) is 29.5 Å². The number of halogens is 2. The summed E-state index contributed by atoms with van der Waals surface area (Å²) >= 11 is 9.78. The van der Waals surface area contributed by atoms with Gasteiger partial charge in [-0.15, -0.1) is 0 Å². The molecule has 0 bridgehead atoms. The summed E-state index contributed by atoms with van der Waals surface area (Å²) in [6, 6.07) is 8.12. The second-order valence-electron chi connectivity index (χ2n) is 11.0. The van der Waals surface area contributed by atoms with Gasteiger partial charge >= 0.3 is 6.09 Å². The maximum atomic E-state index is 12.1. The number of anilines is 1. The highest BCUT2D eigenvalue weighted by Crippen LogP contribution is 2.52. The van der Waals surface area contributed by atoms with E-state index in [4.69, 9.17) is 31.5 Å². The first kappa shape index (κ1) is 26.2. The van der Waals surface area contributed by atoms with E-state index in [1.54, 1.807) is 0 Å². The van der Waals surface area contributed by atoms with Crippen molar-refractivity contribution in [3.05, 3.63) is 51.3 Å². The molecule has 0 radical (unpaired) electrons. The molecular weight excluding hydrogens is 562 g/mol. The Morgan fingerprint density at radius 3 is 2.76 bits per heavy atom. The van der Waals surface area contributed by atoms with Crippen molar-refractivity contribution in [2.45, 2.75) is 83.1 Å². The maximum absolute atomic E-state index is 12.1. The number of alkyl carbamates (subject to hydrolysis) is 1. The first-order chi connectivity index (χ1) is 17.3. The molecule has 2 fully saturated rings. The van der Waals surface area contributed by atoms with E-state index in [1.807, 2.05) is 52.9 Å². The lowest BCUT2D eigenvalue weighted by atomic mass is 9.93. The highest BCUT2D eigenvalue weighted by Gasteiger charge is 2.55. The number of fused-ring (bicyclic) bond motifs is 2. The molecule has 1 aliphatic carbocycles. The third-order valence-corrected chi connectivity index (χ3v) is 7.40. The number of rotatable bonds is 4. The Kier molecular flexibility index (Phi) is 6.67. The Bertz CT molecular complexity index is 1350. The van der Waals surface area contributed by atoms with Gasteiger partial charge in [-0.1, -0.05) is 24.3 Å². The molecule has 3 aromatic rings. The number of hydrogen-bond donors (Lipinski definition) is 2. The van der Waals surface area contributed by atoms with Crippen LogP contribution in [-0.4, -0.2) is 44.2 Å². The minimum Gasteiger partial charge on any atom is -0.444 e. The normalized spacial score (nSPS) is 24.8. The van der Waals surface area contributed by atoms with Crippen LogP contribution in [0.4, 0.5) is 10.6 Å². The smallest absolute Gasteiger partial charge is 0.407 e. The number of nitrogen functional groups attached to an aromatic ring is 1. The van der Waals surface area contributed by atoms with Crippen LogP contribution in [0.2, 0.25) is 5.28 Å². The third kappa shape index (κ3) is 5.30. The van der Waals surface area contributed by atoms with E-state index < -0.39 is 17.5 Å². The summed E-state index contributed by atoms with van der Waals surface area (Å²) in [5, 5.41) is 3.65. The number of carbonyl (C=O) groups excluding carboxylic acids is 1. The van der Waals surface area contributed by atoms with Gasteiger partial charge in [-0.05, 0) is 79.7 Å². The van der Waals surface area contributed by atoms with E-state index in [2.05, 4.69) is 47.9 Å². The molecule has 0 spiro atoms. The van der Waals surface area contributed by atoms with E-state index in [9.17, 15) is 4.79 Å². The summed E-state index contributed by atoms with van der Waals surface area (Å²) in [6.07, 6.45) is 1.90. The van der Waals surface area contributed by atoms with Gasteiger partial charge < -0.3 is 29.8 Å². The molecule has 1 amide bonds. The lowest BCUT2D eigenvalue weighted by Gasteiger charge is -2.25. The molecule has 11 heteroatoms. The van der Waals surface area contributed by atoms with Crippen molar-refractivity contribution in [1.82, 2.24) is 19.9 Å². The fraction of sp³-hybridized carbons (Fsp3) is 0.500. The molecule has 2 aromatic heterocycles. The minimum absolute atomic E-state index is 0.0594. The molecule has 37 heavy (non-hydrogen) atoms. The predicted octanol–water partition coefficient (Wildman–Crippen LogP) is 5.70. The van der Waals surface area contributed by atoms with Gasteiger partial charge in [-0.3, -0.25) is 0 Å². The van der Waals surface area contributed by atoms with Gasteiger partial charge in [0, 0.05) is 23.1 Å². The SMILES string of the molecule is CC(C)(C)OC(=O)NCc1cccc([C@H]2C[C@@H](n3cc(Br)c4c(N)nc(Cl)nc43)[C@@H]3OC(C)(C)O[C@@H]32)c1. The zero-order valence-corrected chi connectivity index (χ0v) is 23.8. The number of ether oxygens (including phenoxy) is 3. The molecule has 5 rings (SSSR count). The number of hydrogen-bond acceptors (Lipinski definition) is 7. The largest absolute Gasteiger partial charge is 0.444 e. The summed E-state index contributed by atoms with van der Waals surface area (Å²) in [5.74, 6) is -0.349. The van der Waals surface area contributed by atoms with Gasteiger partial charge in [-0.25, -0.2) is 9.78 Å². The molecule has 9 nitrogen and oxygen atoms in total. The van der Waals surface area contributed by atoms with Gasteiger partial charge in [0.05, 0.1) is 17.5 Å². The molecule has 1 saturated carbocycles. The van der Waals surface area contributed by atoms with Crippen LogP contribution in [0.1, 0.15) is 64.1 Å². The van der Waals surface area contributed by atoms with Crippen LogP contribution >= 0.6 is 27.5 Å². The zero-order chi connectivity index (χ0) is 26.7. The lowest BCUT2D eigenvalue weighted by Crippen LogP contribution is -2.32. The highest BCUT2D eigenvalue weighted by molar-refractivity contribution is 9.10. The molecule has 4 atom stereocenters. The van der Waals surface area contributed by atoms with Crippen LogP contribution in [0.15, 0.2) is 34.9 Å². The Balaban J connectivity index is 1.45. The fourth-order valence-electron chi connectivity index (χ4n) is 5.33. The lowest BCUT2D eigenvalue weighted by molar-refractivity contribution is -0.157. The van der Waals surface area contributed by atoms with Gasteiger partial charge in [0.15, 0.2) is 5.79 Å². The van der Waals surface area contributed by atoms with Crippen LogP contribution in [0.25, 0.3) is 11.0 Å². The quantitative estimate of drug-likeness (QED) is 0.374. The fourth-order valence-corrected chi connectivity index (χ4v) is 6.10. The number of nitrogens with zero attached hydrogens (tertiary/aromatic N) is 3. The summed E-state index contributed by atoms with van der Waals surface area (Å²) < 4.78 is 21.1. The molecule has 2 aliphatic rings. The van der Waals surface area contributed by atoms with Gasteiger partial charge in [0.25, 0.3) is 0 Å². The Morgan fingerprint density at radius 2 is 2.03 bits per heavy atom. The summed E-state index contributed by atoms with van der Waals surface area (Å²) in [6.45, 7) is 9.74. The summed E-state index contributed by atoms with van der Waals surface area (Å²) in [5.41, 5.74) is 8.35. The standard InChI is InChI=1S/C26H31BrClN5O4/c1-25(2,3)37-24(34)30-11-13-7-6-8-14(9-13)15-10-17(20-19(15)35-26(4,5)36-20)33-12-16(27)18-21(29)31-23(28)32-22(18)33/h6-9,12,15,17,19-20H,10-11H2,1-5H3,(H,30,34)(H2,29,31,32)/t15-,17-,19-,20+/m1/s1. The van der Waals surface area contributed by atoms with Crippen molar-refractivity contribution in [1.29, 1.82) is 0 Å². The topological polar surface area (TPSA) is 114 Å². The predicted molar refractivity (Wildman–Crippen MR) is 144 cm³/mol. The van der Waals surface area contributed by atoms with E-state index in [0.717, 1.165) is 27.4 Å². The average molecular weight is 593 g/mol. The monoisotopic (exact) mass is 591 g/mol. The number of amides is 1. The maximum Gasteiger partial charge on any atom is 0.407 e. The zero-order valence-electron chi connectivity index (χ0n) is 21.4. The van der Waals surface area contributed by atoms with Crippen molar-refractivity contribution in [3.8, 4) is 0 Å². The van der Waals surface area contributed by atoms with Crippen LogP contribution in [0.3, 0.4) is 0 Å². The number of benzene rings is 1. The number of nitrogens with two attached hydrogens (primary N) is 1. The Morgan fingerprint density at radius 1 is 1.30 bits per heavy atom. The highest BCUT2D eigenvalue weighted by atomic mass is 79.9. The molecule has 0 unspecified atom stereocenters. The number of nitrogens with one attached hydrogen (secondary N) is 1. The van der Waals surface area contributed by atoms with E-state index >= 15 is 0 Å². The van der Waals surface area contributed by atoms with Crippen molar-refractivity contribution in [2.75, 3.05) is 5.73 Å². The molecular formula is C26H31BrClN5O4. The van der Waals surface area contributed by atoms with E-state index in [1.165, 1.54) is 0 Å². The molecule has 3 N–H and O–H groups in total. The van der Waals surface area contributed by atoms with E-state index in [0.29, 0.717) is 18.0 Å². The average Bonchev–Trinajstić information content (AvgIpc) is 3.39. The molecule has 198 valence electrons. The summed E-state index contributed by atoms with van der Waals surface area (Å²) in [4.78, 5) is 20.7. The molecule has 1 saturated heterocycles.